The fourth-order valence-corrected chi connectivity index (χ4v) is 2.68. The normalized spacial score (nSPS) is 11.0. The number of hydrogen-bond acceptors (Lipinski definition) is 7. The standard InChI is InChI=1S/C17H18F3N3O5S/c1-26-7-6-21-16(25)13-10-29-15(23-13)8-22-14(24)9-27-11-2-4-12(5-3-11)28-17(18,19)20/h2-5,10H,6-9H2,1H3,(H,21,25)(H,22,24). The number of ether oxygens (including phenoxy) is 3. The van der Waals surface area contributed by atoms with Crippen molar-refractivity contribution in [2.45, 2.75) is 12.9 Å². The van der Waals surface area contributed by atoms with E-state index in [-0.39, 0.29) is 36.3 Å². The zero-order valence-electron chi connectivity index (χ0n) is 15.2. The molecule has 2 N–H and O–H groups in total. The summed E-state index contributed by atoms with van der Waals surface area (Å²) in [6.45, 7) is 0.516. The van der Waals surface area contributed by atoms with E-state index in [1.54, 1.807) is 5.38 Å². The lowest BCUT2D eigenvalue weighted by molar-refractivity contribution is -0.274. The van der Waals surface area contributed by atoms with Crippen LogP contribution in [0.4, 0.5) is 13.2 Å². The average Bonchev–Trinajstić information content (AvgIpc) is 3.14. The molecule has 0 fully saturated rings. The molecule has 0 unspecified atom stereocenters. The number of halogens is 3. The second-order valence-electron chi connectivity index (χ2n) is 5.46. The van der Waals surface area contributed by atoms with E-state index < -0.39 is 12.3 Å². The minimum atomic E-state index is -4.78. The third-order valence-electron chi connectivity index (χ3n) is 3.24. The Labute approximate surface area is 168 Å². The summed E-state index contributed by atoms with van der Waals surface area (Å²) in [7, 11) is 1.52. The number of hydrogen-bond donors (Lipinski definition) is 2. The van der Waals surface area contributed by atoms with Crippen molar-refractivity contribution in [1.82, 2.24) is 15.6 Å². The van der Waals surface area contributed by atoms with Crippen molar-refractivity contribution in [1.29, 1.82) is 0 Å². The van der Waals surface area contributed by atoms with Gasteiger partial charge in [-0.1, -0.05) is 0 Å². The molecule has 158 valence electrons. The van der Waals surface area contributed by atoms with Crippen molar-refractivity contribution in [3.05, 3.63) is 40.3 Å². The number of amides is 2. The molecular weight excluding hydrogens is 415 g/mol. The number of carbonyl (C=O) groups excluding carboxylic acids is 2. The molecule has 0 aliphatic rings. The van der Waals surface area contributed by atoms with E-state index in [0.717, 1.165) is 12.1 Å². The number of carbonyl (C=O) groups is 2. The van der Waals surface area contributed by atoms with Crippen molar-refractivity contribution in [2.75, 3.05) is 26.9 Å². The lowest BCUT2D eigenvalue weighted by atomic mass is 10.3. The Hall–Kier alpha value is -2.86. The highest BCUT2D eigenvalue weighted by Gasteiger charge is 2.30. The molecule has 0 radical (unpaired) electrons. The molecule has 2 aromatic rings. The Morgan fingerprint density at radius 1 is 1.14 bits per heavy atom. The Morgan fingerprint density at radius 2 is 1.83 bits per heavy atom. The largest absolute Gasteiger partial charge is 0.573 e. The molecule has 0 saturated heterocycles. The van der Waals surface area contributed by atoms with Gasteiger partial charge in [0.2, 0.25) is 0 Å². The van der Waals surface area contributed by atoms with Crippen LogP contribution in [0.3, 0.4) is 0 Å². The Morgan fingerprint density at radius 3 is 2.48 bits per heavy atom. The van der Waals surface area contributed by atoms with Gasteiger partial charge in [0, 0.05) is 19.0 Å². The summed E-state index contributed by atoms with van der Waals surface area (Å²) in [6.07, 6.45) is -4.78. The van der Waals surface area contributed by atoms with Crippen LogP contribution in [0.2, 0.25) is 0 Å². The fraction of sp³-hybridized carbons (Fsp3) is 0.353. The number of thiazole rings is 1. The zero-order valence-corrected chi connectivity index (χ0v) is 16.1. The first-order chi connectivity index (χ1) is 13.8. The van der Waals surface area contributed by atoms with E-state index in [0.29, 0.717) is 18.2 Å². The van der Waals surface area contributed by atoms with Crippen molar-refractivity contribution < 1.29 is 37.0 Å². The molecular formula is C17H18F3N3O5S. The minimum Gasteiger partial charge on any atom is -0.484 e. The SMILES string of the molecule is COCCNC(=O)c1csc(CNC(=O)COc2ccc(OC(F)(F)F)cc2)n1. The first kappa shape index (κ1) is 22.4. The van der Waals surface area contributed by atoms with Gasteiger partial charge in [-0.15, -0.1) is 24.5 Å². The van der Waals surface area contributed by atoms with Crippen LogP contribution in [0.5, 0.6) is 11.5 Å². The third kappa shape index (κ3) is 8.35. The second-order valence-corrected chi connectivity index (χ2v) is 6.40. The van der Waals surface area contributed by atoms with Crippen molar-refractivity contribution in [3.8, 4) is 11.5 Å². The molecule has 1 heterocycles. The number of aromatic nitrogens is 1. The van der Waals surface area contributed by atoms with E-state index in [1.807, 2.05) is 0 Å². The molecule has 2 rings (SSSR count). The molecule has 0 bridgehead atoms. The summed E-state index contributed by atoms with van der Waals surface area (Å²) in [4.78, 5) is 27.8. The zero-order chi connectivity index (χ0) is 21.3. The molecule has 12 heteroatoms. The van der Waals surface area contributed by atoms with Gasteiger partial charge >= 0.3 is 6.36 Å². The minimum absolute atomic E-state index is 0.108. The highest BCUT2D eigenvalue weighted by atomic mass is 32.1. The van der Waals surface area contributed by atoms with Crippen molar-refractivity contribution >= 4 is 23.2 Å². The van der Waals surface area contributed by atoms with Gasteiger partial charge in [0.25, 0.3) is 11.8 Å². The predicted octanol–water partition coefficient (Wildman–Crippen LogP) is 2.11. The number of methoxy groups -OCH3 is 1. The van der Waals surface area contributed by atoms with Crippen LogP contribution < -0.4 is 20.1 Å². The number of nitrogens with zero attached hydrogens (tertiary/aromatic N) is 1. The summed E-state index contributed by atoms with van der Waals surface area (Å²) >= 11 is 1.22. The Balaban J connectivity index is 1.73. The van der Waals surface area contributed by atoms with Crippen LogP contribution in [0.15, 0.2) is 29.6 Å². The first-order valence-corrected chi connectivity index (χ1v) is 9.11. The van der Waals surface area contributed by atoms with Crippen LogP contribution >= 0.6 is 11.3 Å². The van der Waals surface area contributed by atoms with E-state index in [9.17, 15) is 22.8 Å². The summed E-state index contributed by atoms with van der Waals surface area (Å²) < 4.78 is 50.1. The molecule has 1 aromatic heterocycles. The maximum atomic E-state index is 12.1. The molecule has 1 aromatic carbocycles. The van der Waals surface area contributed by atoms with E-state index in [2.05, 4.69) is 20.4 Å². The molecule has 0 aliphatic carbocycles. The van der Waals surface area contributed by atoms with Crippen LogP contribution in [-0.2, 0) is 16.1 Å². The quantitative estimate of drug-likeness (QED) is 0.557. The van der Waals surface area contributed by atoms with Crippen LogP contribution in [0.25, 0.3) is 0 Å². The monoisotopic (exact) mass is 433 g/mol. The lowest BCUT2D eigenvalue weighted by Crippen LogP contribution is -2.29. The Bertz CT molecular complexity index is 811. The first-order valence-electron chi connectivity index (χ1n) is 8.23. The molecule has 0 saturated carbocycles. The smallest absolute Gasteiger partial charge is 0.484 e. The third-order valence-corrected chi connectivity index (χ3v) is 4.09. The van der Waals surface area contributed by atoms with Crippen LogP contribution in [0.1, 0.15) is 15.5 Å². The van der Waals surface area contributed by atoms with Gasteiger partial charge in [0.15, 0.2) is 6.61 Å². The average molecular weight is 433 g/mol. The molecule has 29 heavy (non-hydrogen) atoms. The molecule has 8 nitrogen and oxygen atoms in total. The predicted molar refractivity (Wildman–Crippen MR) is 96.8 cm³/mol. The number of alkyl halides is 3. The van der Waals surface area contributed by atoms with Crippen molar-refractivity contribution in [2.24, 2.45) is 0 Å². The molecule has 0 spiro atoms. The lowest BCUT2D eigenvalue weighted by Gasteiger charge is -2.10. The Kier molecular flexibility index (Phi) is 8.21. The van der Waals surface area contributed by atoms with Gasteiger partial charge in [-0.3, -0.25) is 9.59 Å². The van der Waals surface area contributed by atoms with Gasteiger partial charge in [0.05, 0.1) is 13.2 Å². The van der Waals surface area contributed by atoms with E-state index in [4.69, 9.17) is 9.47 Å². The van der Waals surface area contributed by atoms with Gasteiger partial charge in [-0.2, -0.15) is 0 Å². The second kappa shape index (κ2) is 10.6. The topological polar surface area (TPSA) is 98.8 Å². The van der Waals surface area contributed by atoms with Gasteiger partial charge < -0.3 is 24.8 Å². The highest BCUT2D eigenvalue weighted by molar-refractivity contribution is 7.09. The van der Waals surface area contributed by atoms with Crippen LogP contribution in [0, 0.1) is 0 Å². The molecule has 2 amide bonds. The van der Waals surface area contributed by atoms with Gasteiger partial charge in [-0.05, 0) is 24.3 Å². The molecule has 0 aliphatic heterocycles. The van der Waals surface area contributed by atoms with Crippen LogP contribution in [-0.4, -0.2) is 50.0 Å². The summed E-state index contributed by atoms with van der Waals surface area (Å²) in [6, 6.07) is 4.66. The maximum absolute atomic E-state index is 12.1. The summed E-state index contributed by atoms with van der Waals surface area (Å²) in [5.74, 6) is -0.974. The highest BCUT2D eigenvalue weighted by Crippen LogP contribution is 2.24. The molecule has 0 atom stereocenters. The van der Waals surface area contributed by atoms with Crippen molar-refractivity contribution in [3.63, 3.8) is 0 Å². The maximum Gasteiger partial charge on any atom is 0.573 e. The van der Waals surface area contributed by atoms with Gasteiger partial charge in [0.1, 0.15) is 22.2 Å². The fourth-order valence-electron chi connectivity index (χ4n) is 1.97. The number of rotatable bonds is 10. The summed E-state index contributed by atoms with van der Waals surface area (Å²) in [5, 5.41) is 7.31. The summed E-state index contributed by atoms with van der Waals surface area (Å²) in [5.41, 5.74) is 0.243. The van der Waals surface area contributed by atoms with E-state index in [1.165, 1.54) is 30.6 Å². The number of benzene rings is 1. The van der Waals surface area contributed by atoms with E-state index >= 15 is 0 Å². The number of nitrogens with one attached hydrogen (secondary N) is 2. The van der Waals surface area contributed by atoms with Gasteiger partial charge in [-0.25, -0.2) is 4.98 Å².